The van der Waals surface area contributed by atoms with Gasteiger partial charge in [-0.1, -0.05) is 6.92 Å². The number of hydrogen-bond donors (Lipinski definition) is 3. The van der Waals surface area contributed by atoms with Crippen LogP contribution in [0.25, 0.3) is 0 Å². The van der Waals surface area contributed by atoms with Crippen LogP contribution in [0.5, 0.6) is 0 Å². The second kappa shape index (κ2) is 7.06. The molecule has 0 bridgehead atoms. The zero-order valence-electron chi connectivity index (χ0n) is 7.89. The van der Waals surface area contributed by atoms with E-state index in [-0.39, 0.29) is 11.9 Å². The third kappa shape index (κ3) is 6.12. The standard InChI is InChI=1S/C8H19N3O/c1-3-7(2)11-8(12)6-10-5-4-9/h7,10H,3-6,9H2,1-2H3,(H,11,12). The van der Waals surface area contributed by atoms with E-state index in [0.29, 0.717) is 19.6 Å². The maximum Gasteiger partial charge on any atom is 0.234 e. The van der Waals surface area contributed by atoms with Gasteiger partial charge in [0.25, 0.3) is 0 Å². The number of amides is 1. The molecule has 1 unspecified atom stereocenters. The molecular weight excluding hydrogens is 154 g/mol. The van der Waals surface area contributed by atoms with Crippen LogP contribution in [0.3, 0.4) is 0 Å². The molecule has 12 heavy (non-hydrogen) atoms. The maximum atomic E-state index is 11.1. The molecule has 0 rings (SSSR count). The Labute approximate surface area is 73.9 Å². The van der Waals surface area contributed by atoms with Crippen molar-refractivity contribution in [3.05, 3.63) is 0 Å². The minimum Gasteiger partial charge on any atom is -0.353 e. The van der Waals surface area contributed by atoms with Gasteiger partial charge in [0.2, 0.25) is 5.91 Å². The van der Waals surface area contributed by atoms with Crippen molar-refractivity contribution in [2.75, 3.05) is 19.6 Å². The van der Waals surface area contributed by atoms with Gasteiger partial charge in [-0.2, -0.15) is 0 Å². The monoisotopic (exact) mass is 173 g/mol. The lowest BCUT2D eigenvalue weighted by Crippen LogP contribution is -2.39. The molecule has 1 atom stereocenters. The van der Waals surface area contributed by atoms with Crippen LogP contribution < -0.4 is 16.4 Å². The molecule has 0 saturated heterocycles. The topological polar surface area (TPSA) is 67.2 Å². The number of carbonyl (C=O) groups excluding carboxylic acids is 1. The molecule has 0 aliphatic heterocycles. The van der Waals surface area contributed by atoms with E-state index in [2.05, 4.69) is 10.6 Å². The Hall–Kier alpha value is -0.610. The number of rotatable bonds is 6. The van der Waals surface area contributed by atoms with Gasteiger partial charge in [0, 0.05) is 19.1 Å². The summed E-state index contributed by atoms with van der Waals surface area (Å²) in [5.41, 5.74) is 5.25. The number of nitrogens with one attached hydrogen (secondary N) is 2. The summed E-state index contributed by atoms with van der Waals surface area (Å²) in [6.07, 6.45) is 0.961. The first kappa shape index (κ1) is 11.4. The Morgan fingerprint density at radius 3 is 2.75 bits per heavy atom. The van der Waals surface area contributed by atoms with Gasteiger partial charge in [0.1, 0.15) is 0 Å². The minimum atomic E-state index is 0.0396. The van der Waals surface area contributed by atoms with Crippen LogP contribution in [0.1, 0.15) is 20.3 Å². The fourth-order valence-electron chi connectivity index (χ4n) is 0.732. The highest BCUT2D eigenvalue weighted by Crippen LogP contribution is 1.85. The first-order valence-corrected chi connectivity index (χ1v) is 4.40. The van der Waals surface area contributed by atoms with E-state index in [0.717, 1.165) is 6.42 Å². The molecule has 0 heterocycles. The van der Waals surface area contributed by atoms with Gasteiger partial charge >= 0.3 is 0 Å². The van der Waals surface area contributed by atoms with Gasteiger partial charge < -0.3 is 16.4 Å². The van der Waals surface area contributed by atoms with Gasteiger partial charge in [-0.05, 0) is 13.3 Å². The maximum absolute atomic E-state index is 11.1. The van der Waals surface area contributed by atoms with Gasteiger partial charge in [-0.3, -0.25) is 4.79 Å². The van der Waals surface area contributed by atoms with Gasteiger partial charge in [0.05, 0.1) is 6.54 Å². The Bertz CT molecular complexity index is 127. The molecule has 4 N–H and O–H groups in total. The largest absolute Gasteiger partial charge is 0.353 e. The SMILES string of the molecule is CCC(C)NC(=O)CNCCN. The molecule has 0 aliphatic rings. The van der Waals surface area contributed by atoms with Crippen molar-refractivity contribution in [3.8, 4) is 0 Å². The van der Waals surface area contributed by atoms with Crippen molar-refractivity contribution < 1.29 is 4.79 Å². The van der Waals surface area contributed by atoms with Crippen LogP contribution in [0.2, 0.25) is 0 Å². The zero-order chi connectivity index (χ0) is 9.40. The molecule has 72 valence electrons. The molecular formula is C8H19N3O. The van der Waals surface area contributed by atoms with E-state index in [4.69, 9.17) is 5.73 Å². The average molecular weight is 173 g/mol. The van der Waals surface area contributed by atoms with Crippen molar-refractivity contribution in [2.24, 2.45) is 5.73 Å². The molecule has 0 fully saturated rings. The second-order valence-electron chi connectivity index (χ2n) is 2.84. The van der Waals surface area contributed by atoms with Crippen molar-refractivity contribution in [1.82, 2.24) is 10.6 Å². The van der Waals surface area contributed by atoms with E-state index < -0.39 is 0 Å². The molecule has 0 spiro atoms. The first-order chi connectivity index (χ1) is 5.70. The Morgan fingerprint density at radius 1 is 1.58 bits per heavy atom. The summed E-state index contributed by atoms with van der Waals surface area (Å²) in [7, 11) is 0. The molecule has 4 nitrogen and oxygen atoms in total. The van der Waals surface area contributed by atoms with E-state index in [9.17, 15) is 4.79 Å². The fourth-order valence-corrected chi connectivity index (χ4v) is 0.732. The summed E-state index contributed by atoms with van der Waals surface area (Å²) in [6, 6.07) is 0.261. The van der Waals surface area contributed by atoms with Crippen LogP contribution in [0.4, 0.5) is 0 Å². The van der Waals surface area contributed by atoms with Crippen molar-refractivity contribution in [1.29, 1.82) is 0 Å². The summed E-state index contributed by atoms with van der Waals surface area (Å²) in [5, 5.41) is 5.77. The summed E-state index contributed by atoms with van der Waals surface area (Å²) in [6.45, 7) is 5.64. The fraction of sp³-hybridized carbons (Fsp3) is 0.875. The molecule has 0 aliphatic carbocycles. The van der Waals surface area contributed by atoms with Crippen LogP contribution in [-0.2, 0) is 4.79 Å². The van der Waals surface area contributed by atoms with Gasteiger partial charge in [-0.15, -0.1) is 0 Å². The summed E-state index contributed by atoms with van der Waals surface area (Å²) in [5.74, 6) is 0.0396. The van der Waals surface area contributed by atoms with E-state index in [1.807, 2.05) is 13.8 Å². The number of nitrogens with two attached hydrogens (primary N) is 1. The molecule has 0 aromatic carbocycles. The minimum absolute atomic E-state index is 0.0396. The highest BCUT2D eigenvalue weighted by atomic mass is 16.1. The molecule has 0 aromatic heterocycles. The normalized spacial score (nSPS) is 12.6. The second-order valence-corrected chi connectivity index (χ2v) is 2.84. The summed E-state index contributed by atoms with van der Waals surface area (Å²) in [4.78, 5) is 11.1. The molecule has 0 radical (unpaired) electrons. The first-order valence-electron chi connectivity index (χ1n) is 4.40. The summed E-state index contributed by atoms with van der Waals surface area (Å²) >= 11 is 0. The van der Waals surface area contributed by atoms with Crippen LogP contribution in [0, 0.1) is 0 Å². The molecule has 0 saturated carbocycles. The highest BCUT2D eigenvalue weighted by molar-refractivity contribution is 5.78. The van der Waals surface area contributed by atoms with Gasteiger partial charge in [-0.25, -0.2) is 0 Å². The lowest BCUT2D eigenvalue weighted by atomic mass is 10.2. The van der Waals surface area contributed by atoms with Gasteiger partial charge in [0.15, 0.2) is 0 Å². The van der Waals surface area contributed by atoms with Crippen LogP contribution >= 0.6 is 0 Å². The Balaban J connectivity index is 3.33. The zero-order valence-corrected chi connectivity index (χ0v) is 7.89. The third-order valence-corrected chi connectivity index (χ3v) is 1.63. The number of carbonyl (C=O) groups is 1. The van der Waals surface area contributed by atoms with Crippen LogP contribution in [0.15, 0.2) is 0 Å². The smallest absolute Gasteiger partial charge is 0.234 e. The Kier molecular flexibility index (Phi) is 6.70. The molecule has 0 aromatic rings. The average Bonchev–Trinajstić information content (AvgIpc) is 2.05. The summed E-state index contributed by atoms with van der Waals surface area (Å²) < 4.78 is 0. The third-order valence-electron chi connectivity index (χ3n) is 1.63. The van der Waals surface area contributed by atoms with E-state index in [1.54, 1.807) is 0 Å². The van der Waals surface area contributed by atoms with E-state index >= 15 is 0 Å². The lowest BCUT2D eigenvalue weighted by molar-refractivity contribution is -0.120. The Morgan fingerprint density at radius 2 is 2.25 bits per heavy atom. The molecule has 1 amide bonds. The predicted molar refractivity (Wildman–Crippen MR) is 49.8 cm³/mol. The van der Waals surface area contributed by atoms with E-state index in [1.165, 1.54) is 0 Å². The van der Waals surface area contributed by atoms with Crippen molar-refractivity contribution in [2.45, 2.75) is 26.3 Å². The van der Waals surface area contributed by atoms with Crippen molar-refractivity contribution >= 4 is 5.91 Å². The quantitative estimate of drug-likeness (QED) is 0.472. The predicted octanol–water partition coefficient (Wildman–Crippen LogP) is -0.551. The highest BCUT2D eigenvalue weighted by Gasteiger charge is 2.03. The lowest BCUT2D eigenvalue weighted by Gasteiger charge is -2.11. The number of hydrogen-bond acceptors (Lipinski definition) is 3. The molecule has 4 heteroatoms. The van der Waals surface area contributed by atoms with Crippen LogP contribution in [-0.4, -0.2) is 31.6 Å². The van der Waals surface area contributed by atoms with Crippen molar-refractivity contribution in [3.63, 3.8) is 0 Å².